The van der Waals surface area contributed by atoms with E-state index in [0.29, 0.717) is 18.7 Å². The Labute approximate surface area is 121 Å². The zero-order valence-electron chi connectivity index (χ0n) is 11.5. The maximum Gasteiger partial charge on any atom is 0.271 e. The number of rotatable bonds is 7. The van der Waals surface area contributed by atoms with E-state index in [1.165, 1.54) is 18.2 Å². The summed E-state index contributed by atoms with van der Waals surface area (Å²) >= 11 is 0. The van der Waals surface area contributed by atoms with Crippen LogP contribution in [0.25, 0.3) is 0 Å². The second-order valence-corrected chi connectivity index (χ2v) is 5.02. The van der Waals surface area contributed by atoms with Crippen LogP contribution in [-0.4, -0.2) is 23.3 Å². The summed E-state index contributed by atoms with van der Waals surface area (Å²) in [4.78, 5) is 33.2. The summed E-state index contributed by atoms with van der Waals surface area (Å²) in [5, 5.41) is 16.0. The number of nitrogens with one attached hydrogen (secondary N) is 2. The van der Waals surface area contributed by atoms with Gasteiger partial charge in [-0.2, -0.15) is 0 Å². The van der Waals surface area contributed by atoms with Crippen LogP contribution in [0.4, 0.5) is 11.4 Å². The molecule has 0 heterocycles. The molecule has 0 aromatic heterocycles. The fourth-order valence-corrected chi connectivity index (χ4v) is 1.87. The zero-order valence-corrected chi connectivity index (χ0v) is 11.5. The Kier molecular flexibility index (Phi) is 4.86. The van der Waals surface area contributed by atoms with Gasteiger partial charge in [0.25, 0.3) is 5.69 Å². The average molecular weight is 291 g/mol. The number of amides is 2. The number of hydrogen-bond acceptors (Lipinski definition) is 4. The molecule has 1 saturated carbocycles. The Morgan fingerprint density at radius 2 is 2.10 bits per heavy atom. The van der Waals surface area contributed by atoms with Crippen LogP contribution in [0.15, 0.2) is 24.3 Å². The van der Waals surface area contributed by atoms with Crippen LogP contribution < -0.4 is 10.6 Å². The predicted octanol–water partition coefficient (Wildman–Crippen LogP) is 1.84. The lowest BCUT2D eigenvalue weighted by molar-refractivity contribution is -0.384. The second kappa shape index (κ2) is 6.83. The Morgan fingerprint density at radius 3 is 2.76 bits per heavy atom. The van der Waals surface area contributed by atoms with E-state index in [9.17, 15) is 19.7 Å². The molecule has 21 heavy (non-hydrogen) atoms. The molecular formula is C14H17N3O4. The quantitative estimate of drug-likeness (QED) is 0.454. The molecule has 1 aliphatic rings. The minimum Gasteiger partial charge on any atom is -0.356 e. The maximum atomic E-state index is 11.7. The lowest BCUT2D eigenvalue weighted by atomic mass is 10.2. The number of nitrogens with zero attached hydrogens (tertiary/aromatic N) is 1. The van der Waals surface area contributed by atoms with E-state index < -0.39 is 4.92 Å². The smallest absolute Gasteiger partial charge is 0.271 e. The Morgan fingerprint density at radius 1 is 1.33 bits per heavy atom. The molecule has 0 bridgehead atoms. The van der Waals surface area contributed by atoms with Crippen LogP contribution in [0.2, 0.25) is 0 Å². The summed E-state index contributed by atoms with van der Waals surface area (Å²) in [6, 6.07) is 5.79. The molecule has 0 aliphatic heterocycles. The van der Waals surface area contributed by atoms with Crippen LogP contribution in [0.5, 0.6) is 0 Å². The van der Waals surface area contributed by atoms with Gasteiger partial charge in [0.1, 0.15) is 0 Å². The van der Waals surface area contributed by atoms with Crippen molar-refractivity contribution in [3.8, 4) is 0 Å². The third kappa shape index (κ3) is 4.87. The molecule has 1 aliphatic carbocycles. The van der Waals surface area contributed by atoms with Gasteiger partial charge < -0.3 is 10.6 Å². The highest BCUT2D eigenvalue weighted by molar-refractivity contribution is 5.91. The van der Waals surface area contributed by atoms with Gasteiger partial charge in [-0.1, -0.05) is 6.07 Å². The van der Waals surface area contributed by atoms with E-state index in [0.717, 1.165) is 12.8 Å². The van der Waals surface area contributed by atoms with E-state index in [2.05, 4.69) is 10.6 Å². The number of carbonyl (C=O) groups excluding carboxylic acids is 2. The molecule has 112 valence electrons. The summed E-state index contributed by atoms with van der Waals surface area (Å²) in [7, 11) is 0. The van der Waals surface area contributed by atoms with Gasteiger partial charge in [0.15, 0.2) is 0 Å². The normalized spacial score (nSPS) is 13.5. The van der Waals surface area contributed by atoms with Crippen molar-refractivity contribution in [2.75, 3.05) is 11.9 Å². The zero-order chi connectivity index (χ0) is 15.2. The summed E-state index contributed by atoms with van der Waals surface area (Å²) in [6.07, 6.45) is 2.71. The van der Waals surface area contributed by atoms with E-state index in [4.69, 9.17) is 0 Å². The molecule has 2 N–H and O–H groups in total. The molecule has 1 aromatic rings. The Bertz CT molecular complexity index is 555. The van der Waals surface area contributed by atoms with Gasteiger partial charge in [0, 0.05) is 36.7 Å². The van der Waals surface area contributed by atoms with Crippen molar-refractivity contribution in [1.82, 2.24) is 5.32 Å². The number of hydrogen-bond donors (Lipinski definition) is 2. The van der Waals surface area contributed by atoms with E-state index >= 15 is 0 Å². The molecule has 1 aromatic carbocycles. The van der Waals surface area contributed by atoms with Crippen molar-refractivity contribution in [2.45, 2.75) is 25.7 Å². The molecule has 1 fully saturated rings. The van der Waals surface area contributed by atoms with Gasteiger partial charge >= 0.3 is 0 Å². The second-order valence-electron chi connectivity index (χ2n) is 5.02. The topological polar surface area (TPSA) is 101 Å². The third-order valence-corrected chi connectivity index (χ3v) is 3.17. The standard InChI is InChI=1S/C14H17N3O4/c18-13(5-2-8-15-14(19)10-6-7-10)16-11-3-1-4-12(9-11)17(20)21/h1,3-4,9-10H,2,5-8H2,(H,15,19)(H,16,18). The highest BCUT2D eigenvalue weighted by Gasteiger charge is 2.28. The molecule has 0 atom stereocenters. The van der Waals surface area contributed by atoms with Crippen molar-refractivity contribution in [3.05, 3.63) is 34.4 Å². The molecule has 7 heteroatoms. The molecular weight excluding hydrogens is 274 g/mol. The highest BCUT2D eigenvalue weighted by atomic mass is 16.6. The van der Waals surface area contributed by atoms with Gasteiger partial charge in [-0.25, -0.2) is 0 Å². The fourth-order valence-electron chi connectivity index (χ4n) is 1.87. The molecule has 0 unspecified atom stereocenters. The molecule has 0 saturated heterocycles. The molecule has 7 nitrogen and oxygen atoms in total. The number of nitro groups is 1. The fraction of sp³-hybridized carbons (Fsp3) is 0.429. The first kappa shape index (κ1) is 15.0. The summed E-state index contributed by atoms with van der Waals surface area (Å²) in [5.41, 5.74) is 0.334. The van der Waals surface area contributed by atoms with E-state index in [-0.39, 0.29) is 29.8 Å². The van der Waals surface area contributed by atoms with E-state index in [1.54, 1.807) is 6.07 Å². The number of nitro benzene ring substituents is 1. The van der Waals surface area contributed by atoms with Gasteiger partial charge in [-0.3, -0.25) is 19.7 Å². The Balaban J connectivity index is 1.70. The maximum absolute atomic E-state index is 11.7. The van der Waals surface area contributed by atoms with Gasteiger partial charge in [0.2, 0.25) is 11.8 Å². The SMILES string of the molecule is O=C(CCCNC(=O)C1CC1)Nc1cccc([N+](=O)[O-])c1. The van der Waals surface area contributed by atoms with Crippen molar-refractivity contribution < 1.29 is 14.5 Å². The van der Waals surface area contributed by atoms with Crippen LogP contribution in [0.3, 0.4) is 0 Å². The summed E-state index contributed by atoms with van der Waals surface area (Å²) in [5.74, 6) is 0.00829. The van der Waals surface area contributed by atoms with Crippen LogP contribution in [-0.2, 0) is 9.59 Å². The first-order valence-corrected chi connectivity index (χ1v) is 6.88. The monoisotopic (exact) mass is 291 g/mol. The number of carbonyl (C=O) groups is 2. The molecule has 2 rings (SSSR count). The largest absolute Gasteiger partial charge is 0.356 e. The average Bonchev–Trinajstić information content (AvgIpc) is 3.28. The van der Waals surface area contributed by atoms with Crippen molar-refractivity contribution in [1.29, 1.82) is 0 Å². The molecule has 0 spiro atoms. The Hall–Kier alpha value is -2.44. The third-order valence-electron chi connectivity index (χ3n) is 3.17. The lowest BCUT2D eigenvalue weighted by Gasteiger charge is -2.06. The summed E-state index contributed by atoms with van der Waals surface area (Å²) < 4.78 is 0. The van der Waals surface area contributed by atoms with Gasteiger partial charge in [-0.15, -0.1) is 0 Å². The minimum atomic E-state index is -0.511. The highest BCUT2D eigenvalue weighted by Crippen LogP contribution is 2.28. The van der Waals surface area contributed by atoms with E-state index in [1.807, 2.05) is 0 Å². The number of anilines is 1. The first-order chi connectivity index (χ1) is 10.1. The van der Waals surface area contributed by atoms with Gasteiger partial charge in [-0.05, 0) is 25.3 Å². The first-order valence-electron chi connectivity index (χ1n) is 6.88. The van der Waals surface area contributed by atoms with Crippen LogP contribution >= 0.6 is 0 Å². The number of benzene rings is 1. The van der Waals surface area contributed by atoms with Crippen molar-refractivity contribution >= 4 is 23.2 Å². The lowest BCUT2D eigenvalue weighted by Crippen LogP contribution is -2.26. The van der Waals surface area contributed by atoms with Crippen LogP contribution in [0, 0.1) is 16.0 Å². The summed E-state index contributed by atoms with van der Waals surface area (Å²) in [6.45, 7) is 0.470. The van der Waals surface area contributed by atoms with Crippen molar-refractivity contribution in [3.63, 3.8) is 0 Å². The minimum absolute atomic E-state index is 0.0640. The van der Waals surface area contributed by atoms with Gasteiger partial charge in [0.05, 0.1) is 4.92 Å². The number of non-ortho nitro benzene ring substituents is 1. The predicted molar refractivity (Wildman–Crippen MR) is 76.7 cm³/mol. The van der Waals surface area contributed by atoms with Crippen LogP contribution in [0.1, 0.15) is 25.7 Å². The molecule has 2 amide bonds. The van der Waals surface area contributed by atoms with Crippen molar-refractivity contribution in [2.24, 2.45) is 5.92 Å². The molecule has 0 radical (unpaired) electrons.